The van der Waals surface area contributed by atoms with E-state index in [9.17, 15) is 36.1 Å². The van der Waals surface area contributed by atoms with Crippen LogP contribution in [0.1, 0.15) is 0 Å². The summed E-state index contributed by atoms with van der Waals surface area (Å²) in [6, 6.07) is 14.8. The Morgan fingerprint density at radius 3 is 2.09 bits per heavy atom. The molecule has 0 radical (unpaired) electrons. The van der Waals surface area contributed by atoms with E-state index in [1.54, 1.807) is 24.3 Å². The van der Waals surface area contributed by atoms with Gasteiger partial charge in [-0.15, -0.1) is 0 Å². The van der Waals surface area contributed by atoms with Gasteiger partial charge >= 0.3 is 5.82 Å². The van der Waals surface area contributed by atoms with Crippen LogP contribution in [-0.4, -0.2) is 45.9 Å². The predicted octanol–water partition coefficient (Wildman–Crippen LogP) is 2.22. The van der Waals surface area contributed by atoms with Crippen molar-refractivity contribution < 1.29 is 35.7 Å². The number of non-ortho nitro benzene ring substituents is 1. The van der Waals surface area contributed by atoms with Crippen LogP contribution in [-0.2, 0) is 20.2 Å². The van der Waals surface area contributed by atoms with Crippen molar-refractivity contribution in [3.63, 3.8) is 0 Å². The van der Waals surface area contributed by atoms with Crippen molar-refractivity contribution in [1.29, 1.82) is 0 Å². The van der Waals surface area contributed by atoms with Gasteiger partial charge in [0.2, 0.25) is 0 Å². The van der Waals surface area contributed by atoms with E-state index in [2.05, 4.69) is 32.8 Å². The van der Waals surface area contributed by atoms with Crippen LogP contribution < -0.4 is 4.80 Å². The second-order valence-corrected chi connectivity index (χ2v) is 11.0. The normalized spacial score (nSPS) is 12.0. The van der Waals surface area contributed by atoms with Crippen LogP contribution in [0.2, 0.25) is 0 Å². The Labute approximate surface area is 211 Å². The van der Waals surface area contributed by atoms with E-state index >= 15 is 0 Å². The molecule has 4 aromatic rings. The highest BCUT2D eigenvalue weighted by atomic mass is 127. The number of tetrazole rings is 1. The number of hydrogen-bond acceptors (Lipinski definition) is 8. The lowest BCUT2D eigenvalue weighted by molar-refractivity contribution is -0.734. The molecule has 0 aliphatic rings. The maximum absolute atomic E-state index is 12.0. The third kappa shape index (κ3) is 5.20. The van der Waals surface area contributed by atoms with Gasteiger partial charge in [0.25, 0.3) is 25.9 Å². The van der Waals surface area contributed by atoms with Gasteiger partial charge in [-0.1, -0.05) is 0 Å². The maximum atomic E-state index is 12.0. The summed E-state index contributed by atoms with van der Waals surface area (Å²) in [4.78, 5) is 11.4. The van der Waals surface area contributed by atoms with Gasteiger partial charge in [-0.25, -0.2) is 0 Å². The number of nitrogens with zero attached hydrogens (tertiary/aromatic N) is 5. The summed E-state index contributed by atoms with van der Waals surface area (Å²) < 4.78 is 66.9. The largest absolute Gasteiger partial charge is 0.341 e. The second-order valence-electron chi connectivity index (χ2n) is 6.96. The number of rotatable bonds is 6. The lowest BCUT2D eigenvalue weighted by Gasteiger charge is -2.03. The average molecular weight is 630 g/mol. The summed E-state index contributed by atoms with van der Waals surface area (Å²) in [5.41, 5.74) is 0.408. The molecule has 180 valence electrons. The van der Waals surface area contributed by atoms with Crippen molar-refractivity contribution in [3.05, 3.63) is 80.4 Å². The molecule has 35 heavy (non-hydrogen) atoms. The molecule has 0 fully saturated rings. The van der Waals surface area contributed by atoms with E-state index in [0.717, 1.165) is 15.7 Å². The van der Waals surface area contributed by atoms with Crippen LogP contribution in [0.5, 0.6) is 0 Å². The van der Waals surface area contributed by atoms with Crippen molar-refractivity contribution in [2.75, 3.05) is 0 Å². The monoisotopic (exact) mass is 630 g/mol. The number of aromatic nitrogens is 4. The highest BCUT2D eigenvalue weighted by Gasteiger charge is 2.30. The van der Waals surface area contributed by atoms with Crippen LogP contribution in [0, 0.1) is 13.7 Å². The molecule has 1 aromatic heterocycles. The minimum atomic E-state index is -4.97. The molecule has 0 spiro atoms. The minimum absolute atomic E-state index is 0.163. The molecule has 16 heteroatoms. The fourth-order valence-corrected chi connectivity index (χ4v) is 4.72. The summed E-state index contributed by atoms with van der Waals surface area (Å²) in [5, 5.41) is 19.6. The van der Waals surface area contributed by atoms with E-state index in [4.69, 9.17) is 0 Å². The van der Waals surface area contributed by atoms with Gasteiger partial charge in [-0.2, -0.15) is 16.8 Å². The molecule has 0 amide bonds. The first-order chi connectivity index (χ1) is 16.3. The summed E-state index contributed by atoms with van der Waals surface area (Å²) in [6.07, 6.45) is 0. The fraction of sp³-hybridized carbons (Fsp3) is 0. The van der Waals surface area contributed by atoms with Gasteiger partial charge in [-0.3, -0.25) is 19.2 Å². The SMILES string of the molecule is O=[N+]([O-])c1ccc(-[n+]2nc(-c3ccc(S(=O)(=O)O)cc3S(=O)(=O)O)nn2-c2ccc(I)cc2)cc1. The molecule has 13 nitrogen and oxygen atoms in total. The molecule has 0 bridgehead atoms. The van der Waals surface area contributed by atoms with E-state index < -0.39 is 35.0 Å². The lowest BCUT2D eigenvalue weighted by Crippen LogP contribution is -2.43. The van der Waals surface area contributed by atoms with Crippen LogP contribution in [0.15, 0.2) is 76.5 Å². The molecular formula is C19H13IN5O8S2+. The van der Waals surface area contributed by atoms with Gasteiger partial charge in [-0.05, 0) is 87.1 Å². The van der Waals surface area contributed by atoms with Crippen LogP contribution in [0.3, 0.4) is 0 Å². The number of nitro groups is 1. The first kappa shape index (κ1) is 24.8. The Hall–Kier alpha value is -3.32. The quantitative estimate of drug-likeness (QED) is 0.105. The second kappa shape index (κ2) is 9.04. The Morgan fingerprint density at radius 1 is 0.914 bits per heavy atom. The van der Waals surface area contributed by atoms with Crippen LogP contribution >= 0.6 is 22.6 Å². The zero-order valence-corrected chi connectivity index (χ0v) is 20.9. The summed E-state index contributed by atoms with van der Waals surface area (Å²) in [5.74, 6) is -0.226. The lowest BCUT2D eigenvalue weighted by atomic mass is 10.2. The Morgan fingerprint density at radius 2 is 1.54 bits per heavy atom. The smallest absolute Gasteiger partial charge is 0.282 e. The van der Waals surface area contributed by atoms with Crippen molar-refractivity contribution in [2.24, 2.45) is 0 Å². The third-order valence-corrected chi connectivity index (χ3v) is 7.14. The number of nitro benzene ring substituents is 1. The molecule has 4 rings (SSSR count). The van der Waals surface area contributed by atoms with Gasteiger partial charge in [0.05, 0.1) is 20.5 Å². The Bertz CT molecular complexity index is 1670. The molecule has 0 saturated carbocycles. The zero-order chi connectivity index (χ0) is 25.5. The highest BCUT2D eigenvalue weighted by Crippen LogP contribution is 2.27. The number of halogens is 1. The highest BCUT2D eigenvalue weighted by molar-refractivity contribution is 14.1. The first-order valence-corrected chi connectivity index (χ1v) is 13.3. The van der Waals surface area contributed by atoms with E-state index in [1.807, 2.05) is 0 Å². The first-order valence-electron chi connectivity index (χ1n) is 9.34. The molecule has 2 N–H and O–H groups in total. The maximum Gasteiger partial charge on any atom is 0.341 e. The van der Waals surface area contributed by atoms with Crippen LogP contribution in [0.25, 0.3) is 22.8 Å². The molecular weight excluding hydrogens is 617 g/mol. The number of benzene rings is 3. The van der Waals surface area contributed by atoms with Crippen molar-refractivity contribution >= 4 is 48.5 Å². The summed E-state index contributed by atoms with van der Waals surface area (Å²) in [7, 11) is -9.74. The standard InChI is InChI=1S/C19H12IN5O8S2/c20-12-1-3-13(4-2-12)23-21-19(22-24(23)14-5-7-15(8-6-14)25(26)27)17-10-9-16(34(28,29)30)11-18(17)35(31,32)33/h1-11H,(H-,28,29,30,31,32,33)/p+1. The molecule has 0 aliphatic heterocycles. The van der Waals surface area contributed by atoms with Gasteiger partial charge in [0.1, 0.15) is 10.6 Å². The zero-order valence-electron chi connectivity index (χ0n) is 17.1. The van der Waals surface area contributed by atoms with E-state index in [1.165, 1.54) is 33.9 Å². The molecule has 3 aromatic carbocycles. The van der Waals surface area contributed by atoms with Gasteiger partial charge in [0, 0.05) is 20.5 Å². The van der Waals surface area contributed by atoms with E-state index in [0.29, 0.717) is 17.4 Å². The van der Waals surface area contributed by atoms with Gasteiger partial charge in [0.15, 0.2) is 5.69 Å². The van der Waals surface area contributed by atoms with Gasteiger partial charge < -0.3 is 0 Å². The van der Waals surface area contributed by atoms with Crippen molar-refractivity contribution in [2.45, 2.75) is 9.79 Å². The molecule has 0 aliphatic carbocycles. The molecule has 0 atom stereocenters. The average Bonchev–Trinajstić information content (AvgIpc) is 3.23. The number of hydrogen-bond donors (Lipinski definition) is 2. The summed E-state index contributed by atoms with van der Waals surface area (Å²) >= 11 is 2.10. The predicted molar refractivity (Wildman–Crippen MR) is 127 cm³/mol. The minimum Gasteiger partial charge on any atom is -0.282 e. The Balaban J connectivity index is 1.97. The molecule has 0 unspecified atom stereocenters. The summed E-state index contributed by atoms with van der Waals surface area (Å²) in [6.45, 7) is 0. The molecule has 0 saturated heterocycles. The topological polar surface area (TPSA) is 186 Å². The van der Waals surface area contributed by atoms with Crippen LogP contribution in [0.4, 0.5) is 5.69 Å². The third-order valence-electron chi connectivity index (χ3n) is 4.68. The van der Waals surface area contributed by atoms with Crippen molar-refractivity contribution in [3.8, 4) is 22.8 Å². The fourth-order valence-electron chi connectivity index (χ4n) is 3.07. The van der Waals surface area contributed by atoms with E-state index in [-0.39, 0.29) is 17.1 Å². The van der Waals surface area contributed by atoms with Crippen molar-refractivity contribution in [1.82, 2.24) is 15.0 Å². The Kier molecular flexibility index (Phi) is 6.40. The molecule has 1 heterocycles.